The Hall–Kier alpha value is -1.79. The molecule has 0 aromatic heterocycles. The second-order valence-corrected chi connectivity index (χ2v) is 3.50. The number of carbonyl (C=O) groups is 1. The highest BCUT2D eigenvalue weighted by Crippen LogP contribution is 2.13. The highest BCUT2D eigenvalue weighted by atomic mass is 16.5. The summed E-state index contributed by atoms with van der Waals surface area (Å²) in [5.74, 6) is 0.128. The van der Waals surface area contributed by atoms with Crippen LogP contribution >= 0.6 is 0 Å². The zero-order valence-corrected chi connectivity index (χ0v) is 9.30. The minimum Gasteiger partial charge on any atom is -0.484 e. The van der Waals surface area contributed by atoms with Crippen molar-refractivity contribution in [3.63, 3.8) is 0 Å². The second-order valence-electron chi connectivity index (χ2n) is 3.50. The maximum Gasteiger partial charge on any atom is 0.258 e. The van der Waals surface area contributed by atoms with E-state index >= 15 is 0 Å². The molecular weight excluding hydrogens is 224 g/mol. The fourth-order valence-electron chi connectivity index (χ4n) is 1.10. The predicted molar refractivity (Wildman–Crippen MR) is 62.5 cm³/mol. The Labute approximate surface area is 99.0 Å². The molecule has 1 unspecified atom stereocenters. The summed E-state index contributed by atoms with van der Waals surface area (Å²) in [6, 6.07) is 6.73. The molecule has 0 saturated carbocycles. The molecule has 0 radical (unpaired) electrons. The van der Waals surface area contributed by atoms with E-state index in [0.29, 0.717) is 11.4 Å². The molecule has 1 amide bonds. The Kier molecular flexibility index (Phi) is 5.25. The van der Waals surface area contributed by atoms with Crippen LogP contribution in [0, 0.1) is 0 Å². The lowest BCUT2D eigenvalue weighted by Crippen LogP contribution is -2.36. The standard InChI is InChI=1S/C11H16N2O4/c12-8-2-1-3-10(4-8)17-7-11(16)13-5-9(15)6-14/h1-4,9,14-15H,5-7,12H2,(H,13,16). The van der Waals surface area contributed by atoms with Gasteiger partial charge in [-0.15, -0.1) is 0 Å². The third kappa shape index (κ3) is 5.19. The number of anilines is 1. The average Bonchev–Trinajstić information content (AvgIpc) is 2.33. The zero-order valence-electron chi connectivity index (χ0n) is 9.30. The number of nitrogens with one attached hydrogen (secondary N) is 1. The lowest BCUT2D eigenvalue weighted by Gasteiger charge is -2.10. The fraction of sp³-hybridized carbons (Fsp3) is 0.364. The monoisotopic (exact) mass is 240 g/mol. The number of hydrogen-bond acceptors (Lipinski definition) is 5. The number of hydrogen-bond donors (Lipinski definition) is 4. The number of nitrogen functional groups attached to an aromatic ring is 1. The van der Waals surface area contributed by atoms with Gasteiger partial charge >= 0.3 is 0 Å². The van der Waals surface area contributed by atoms with Crippen molar-refractivity contribution < 1.29 is 19.7 Å². The van der Waals surface area contributed by atoms with E-state index in [2.05, 4.69) is 5.32 Å². The maximum absolute atomic E-state index is 11.3. The molecule has 1 aromatic carbocycles. The summed E-state index contributed by atoms with van der Waals surface area (Å²) in [5, 5.41) is 20.0. The Balaban J connectivity index is 2.28. The normalized spacial score (nSPS) is 11.9. The van der Waals surface area contributed by atoms with Crippen LogP contribution in [0.2, 0.25) is 0 Å². The summed E-state index contributed by atoms with van der Waals surface area (Å²) in [7, 11) is 0. The second kappa shape index (κ2) is 6.72. The summed E-state index contributed by atoms with van der Waals surface area (Å²) >= 11 is 0. The third-order valence-electron chi connectivity index (χ3n) is 1.97. The summed E-state index contributed by atoms with van der Waals surface area (Å²) in [4.78, 5) is 11.3. The quantitative estimate of drug-likeness (QED) is 0.483. The molecule has 6 nitrogen and oxygen atoms in total. The molecule has 0 heterocycles. The molecule has 0 aliphatic rings. The molecule has 1 rings (SSSR count). The summed E-state index contributed by atoms with van der Waals surface area (Å²) in [5.41, 5.74) is 6.09. The van der Waals surface area contributed by atoms with Crippen LogP contribution in [0.4, 0.5) is 5.69 Å². The molecule has 6 heteroatoms. The van der Waals surface area contributed by atoms with Crippen molar-refractivity contribution in [2.24, 2.45) is 0 Å². The van der Waals surface area contributed by atoms with E-state index in [1.165, 1.54) is 0 Å². The van der Waals surface area contributed by atoms with Crippen LogP contribution in [0.15, 0.2) is 24.3 Å². The van der Waals surface area contributed by atoms with E-state index in [-0.39, 0.29) is 19.1 Å². The van der Waals surface area contributed by atoms with Gasteiger partial charge in [-0.2, -0.15) is 0 Å². The van der Waals surface area contributed by atoms with E-state index in [0.717, 1.165) is 0 Å². The summed E-state index contributed by atoms with van der Waals surface area (Å²) in [6.07, 6.45) is -0.952. The summed E-state index contributed by atoms with van der Waals surface area (Å²) in [6.45, 7) is -0.562. The van der Waals surface area contributed by atoms with Crippen molar-refractivity contribution in [3.8, 4) is 5.75 Å². The lowest BCUT2D eigenvalue weighted by atomic mass is 10.3. The molecule has 5 N–H and O–H groups in total. The smallest absolute Gasteiger partial charge is 0.258 e. The Morgan fingerprint density at radius 3 is 2.94 bits per heavy atom. The molecule has 0 saturated heterocycles. The van der Waals surface area contributed by atoms with Crippen LogP contribution in [-0.2, 0) is 4.79 Å². The van der Waals surface area contributed by atoms with Crippen LogP contribution in [0.1, 0.15) is 0 Å². The van der Waals surface area contributed by atoms with Crippen molar-refractivity contribution in [2.45, 2.75) is 6.10 Å². The first-order valence-corrected chi connectivity index (χ1v) is 5.15. The van der Waals surface area contributed by atoms with E-state index in [1.807, 2.05) is 0 Å². The van der Waals surface area contributed by atoms with Crippen molar-refractivity contribution >= 4 is 11.6 Å². The van der Waals surface area contributed by atoms with Gasteiger partial charge in [0.05, 0.1) is 12.7 Å². The van der Waals surface area contributed by atoms with E-state index in [9.17, 15) is 4.79 Å². The van der Waals surface area contributed by atoms with Crippen LogP contribution in [-0.4, -0.2) is 42.0 Å². The molecule has 94 valence electrons. The van der Waals surface area contributed by atoms with E-state index < -0.39 is 12.7 Å². The summed E-state index contributed by atoms with van der Waals surface area (Å²) < 4.78 is 5.18. The zero-order chi connectivity index (χ0) is 12.7. The van der Waals surface area contributed by atoms with Gasteiger partial charge in [0.2, 0.25) is 0 Å². The minimum atomic E-state index is -0.952. The number of rotatable bonds is 6. The van der Waals surface area contributed by atoms with Crippen LogP contribution in [0.25, 0.3) is 0 Å². The fourth-order valence-corrected chi connectivity index (χ4v) is 1.10. The van der Waals surface area contributed by atoms with Gasteiger partial charge < -0.3 is 26.0 Å². The third-order valence-corrected chi connectivity index (χ3v) is 1.97. The molecule has 0 fully saturated rings. The Morgan fingerprint density at radius 1 is 1.53 bits per heavy atom. The number of amides is 1. The molecule has 0 spiro atoms. The van der Waals surface area contributed by atoms with Gasteiger partial charge in [-0.1, -0.05) is 6.07 Å². The molecule has 0 bridgehead atoms. The predicted octanol–water partition coefficient (Wildman–Crippen LogP) is -0.883. The van der Waals surface area contributed by atoms with Crippen LogP contribution in [0.3, 0.4) is 0 Å². The number of nitrogens with two attached hydrogens (primary N) is 1. The Morgan fingerprint density at radius 2 is 2.29 bits per heavy atom. The van der Waals surface area contributed by atoms with Crippen molar-refractivity contribution in [2.75, 3.05) is 25.5 Å². The van der Waals surface area contributed by atoms with Gasteiger partial charge in [0.25, 0.3) is 5.91 Å². The SMILES string of the molecule is Nc1cccc(OCC(=O)NCC(O)CO)c1. The van der Waals surface area contributed by atoms with Gasteiger partial charge in [-0.3, -0.25) is 4.79 Å². The molecule has 17 heavy (non-hydrogen) atoms. The van der Waals surface area contributed by atoms with Crippen LogP contribution in [0.5, 0.6) is 5.75 Å². The number of carbonyl (C=O) groups excluding carboxylic acids is 1. The first-order chi connectivity index (χ1) is 8.11. The highest BCUT2D eigenvalue weighted by Gasteiger charge is 2.06. The minimum absolute atomic E-state index is 0.00434. The van der Waals surface area contributed by atoms with Gasteiger partial charge in [0.1, 0.15) is 5.75 Å². The van der Waals surface area contributed by atoms with E-state index in [1.54, 1.807) is 24.3 Å². The number of aliphatic hydroxyl groups excluding tert-OH is 2. The van der Waals surface area contributed by atoms with Gasteiger partial charge in [-0.25, -0.2) is 0 Å². The lowest BCUT2D eigenvalue weighted by molar-refractivity contribution is -0.123. The largest absolute Gasteiger partial charge is 0.484 e. The van der Waals surface area contributed by atoms with Gasteiger partial charge in [0, 0.05) is 18.3 Å². The highest BCUT2D eigenvalue weighted by molar-refractivity contribution is 5.77. The first-order valence-electron chi connectivity index (χ1n) is 5.15. The topological polar surface area (TPSA) is 105 Å². The molecule has 1 aromatic rings. The molecular formula is C11H16N2O4. The van der Waals surface area contributed by atoms with Crippen molar-refractivity contribution in [1.82, 2.24) is 5.32 Å². The molecule has 0 aliphatic heterocycles. The number of benzene rings is 1. The van der Waals surface area contributed by atoms with E-state index in [4.69, 9.17) is 20.7 Å². The van der Waals surface area contributed by atoms with Crippen molar-refractivity contribution in [3.05, 3.63) is 24.3 Å². The molecule has 1 atom stereocenters. The first kappa shape index (κ1) is 13.3. The van der Waals surface area contributed by atoms with Crippen molar-refractivity contribution in [1.29, 1.82) is 0 Å². The molecule has 0 aliphatic carbocycles. The maximum atomic E-state index is 11.3. The average molecular weight is 240 g/mol. The van der Waals surface area contributed by atoms with Crippen LogP contribution < -0.4 is 15.8 Å². The Bertz CT molecular complexity index is 370. The number of ether oxygens (including phenoxy) is 1. The number of aliphatic hydroxyl groups is 2. The van der Waals surface area contributed by atoms with Gasteiger partial charge in [0.15, 0.2) is 6.61 Å². The van der Waals surface area contributed by atoms with Gasteiger partial charge in [-0.05, 0) is 12.1 Å².